The molecule has 1 fully saturated rings. The molecule has 1 aliphatic heterocycles. The minimum atomic E-state index is -0.895. The van der Waals surface area contributed by atoms with Crippen molar-refractivity contribution in [2.45, 2.75) is 12.8 Å². The van der Waals surface area contributed by atoms with E-state index in [4.69, 9.17) is 16.7 Å². The van der Waals surface area contributed by atoms with Crippen LogP contribution in [0, 0.1) is 5.92 Å². The highest BCUT2D eigenvalue weighted by Crippen LogP contribution is 2.23. The van der Waals surface area contributed by atoms with Crippen molar-refractivity contribution in [3.8, 4) is 0 Å². The van der Waals surface area contributed by atoms with E-state index in [0.29, 0.717) is 16.5 Å². The third kappa shape index (κ3) is 3.61. The predicted molar refractivity (Wildman–Crippen MR) is 75.0 cm³/mol. The van der Waals surface area contributed by atoms with Crippen molar-refractivity contribution in [1.29, 1.82) is 0 Å². The van der Waals surface area contributed by atoms with E-state index in [1.807, 2.05) is 6.07 Å². The molecule has 1 saturated heterocycles. The highest BCUT2D eigenvalue weighted by molar-refractivity contribution is 6.30. The molecule has 5 heteroatoms. The number of nitrogens with zero attached hydrogens (tertiary/aromatic N) is 1. The van der Waals surface area contributed by atoms with E-state index in [1.165, 1.54) is 6.07 Å². The first-order chi connectivity index (χ1) is 8.06. The Bertz CT molecular complexity index is 437. The molecule has 100 valence electrons. The zero-order chi connectivity index (χ0) is 12.4. The van der Waals surface area contributed by atoms with Gasteiger partial charge in [0.1, 0.15) is 0 Å². The third-order valence-electron chi connectivity index (χ3n) is 3.30. The zero-order valence-electron chi connectivity index (χ0n) is 10.2. The lowest BCUT2D eigenvalue weighted by molar-refractivity contribution is 0.0695. The Morgan fingerprint density at radius 2 is 2.28 bits per heavy atom. The van der Waals surface area contributed by atoms with Gasteiger partial charge in [-0.1, -0.05) is 17.7 Å². The smallest absolute Gasteiger partial charge is 0.336 e. The van der Waals surface area contributed by atoms with Crippen LogP contribution in [0.5, 0.6) is 0 Å². The summed E-state index contributed by atoms with van der Waals surface area (Å²) in [6.07, 6.45) is 1.96. The van der Waals surface area contributed by atoms with Gasteiger partial charge in [-0.25, -0.2) is 4.79 Å². The molecule has 1 atom stereocenters. The van der Waals surface area contributed by atoms with Gasteiger partial charge in [-0.05, 0) is 50.0 Å². The maximum atomic E-state index is 11.1. The summed E-state index contributed by atoms with van der Waals surface area (Å²) in [6, 6.07) is 5.14. The first kappa shape index (κ1) is 15.3. The fourth-order valence-electron chi connectivity index (χ4n) is 2.43. The van der Waals surface area contributed by atoms with E-state index in [0.717, 1.165) is 31.5 Å². The van der Waals surface area contributed by atoms with Gasteiger partial charge in [-0.2, -0.15) is 0 Å². The van der Waals surface area contributed by atoms with E-state index in [9.17, 15) is 4.79 Å². The molecule has 18 heavy (non-hydrogen) atoms. The number of benzene rings is 1. The van der Waals surface area contributed by atoms with Gasteiger partial charge in [0.2, 0.25) is 0 Å². The molecule has 1 aromatic carbocycles. The Kier molecular flexibility index (Phi) is 5.45. The van der Waals surface area contributed by atoms with Gasteiger partial charge < -0.3 is 10.0 Å². The van der Waals surface area contributed by atoms with E-state index in [1.54, 1.807) is 6.07 Å². The fourth-order valence-corrected chi connectivity index (χ4v) is 2.60. The Morgan fingerprint density at radius 3 is 2.83 bits per heavy atom. The second-order valence-electron chi connectivity index (χ2n) is 4.73. The predicted octanol–water partition coefficient (Wildman–Crippen LogP) is 2.95. The summed E-state index contributed by atoms with van der Waals surface area (Å²) in [5.41, 5.74) is 1.23. The number of aromatic carboxylic acids is 1. The Morgan fingerprint density at radius 1 is 1.56 bits per heavy atom. The fraction of sp³-hybridized carbons (Fsp3) is 0.462. The lowest BCUT2D eigenvalue weighted by Gasteiger charge is -2.12. The van der Waals surface area contributed by atoms with Gasteiger partial charge in [-0.15, -0.1) is 12.4 Å². The lowest BCUT2D eigenvalue weighted by Crippen LogP contribution is -2.15. The summed E-state index contributed by atoms with van der Waals surface area (Å²) in [6.45, 7) is 2.14. The molecule has 3 nitrogen and oxygen atoms in total. The number of carbonyl (C=O) groups is 1. The van der Waals surface area contributed by atoms with Crippen molar-refractivity contribution in [3.05, 3.63) is 34.3 Å². The standard InChI is InChI=1S/C13H16ClNO2.ClH/c1-15-5-4-9(8-15)6-10-2-3-11(14)7-12(10)13(16)17;/h2-3,7,9H,4-6,8H2,1H3,(H,16,17);1H. The minimum absolute atomic E-state index is 0. The van der Waals surface area contributed by atoms with Crippen LogP contribution in [-0.4, -0.2) is 36.1 Å². The topological polar surface area (TPSA) is 40.5 Å². The first-order valence-corrected chi connectivity index (χ1v) is 6.14. The molecule has 0 bridgehead atoms. The number of carboxylic acid groups (broad SMARTS) is 1. The van der Waals surface area contributed by atoms with Crippen LogP contribution < -0.4 is 0 Å². The van der Waals surface area contributed by atoms with Gasteiger partial charge in [-0.3, -0.25) is 0 Å². The number of hydrogen-bond donors (Lipinski definition) is 1. The van der Waals surface area contributed by atoms with Crippen molar-refractivity contribution >= 4 is 30.0 Å². The number of halogens is 2. The van der Waals surface area contributed by atoms with Crippen molar-refractivity contribution in [2.75, 3.05) is 20.1 Å². The van der Waals surface area contributed by atoms with Crippen molar-refractivity contribution in [3.63, 3.8) is 0 Å². The van der Waals surface area contributed by atoms with Crippen LogP contribution >= 0.6 is 24.0 Å². The average Bonchev–Trinajstić information content (AvgIpc) is 2.66. The van der Waals surface area contributed by atoms with Gasteiger partial charge in [0.25, 0.3) is 0 Å². The molecular formula is C13H17Cl2NO2. The molecule has 0 amide bonds. The van der Waals surface area contributed by atoms with Crippen LogP contribution in [0.25, 0.3) is 0 Å². The summed E-state index contributed by atoms with van der Waals surface area (Å²) < 4.78 is 0. The van der Waals surface area contributed by atoms with Crippen LogP contribution in [0.2, 0.25) is 5.02 Å². The van der Waals surface area contributed by atoms with E-state index in [2.05, 4.69) is 11.9 Å². The number of hydrogen-bond acceptors (Lipinski definition) is 2. The molecule has 0 aromatic heterocycles. The number of likely N-dealkylation sites (tertiary alicyclic amines) is 1. The minimum Gasteiger partial charge on any atom is -0.478 e. The summed E-state index contributed by atoms with van der Waals surface area (Å²) >= 11 is 5.83. The molecule has 1 aliphatic rings. The highest BCUT2D eigenvalue weighted by atomic mass is 35.5. The summed E-state index contributed by atoms with van der Waals surface area (Å²) in [5.74, 6) is -0.340. The Balaban J connectivity index is 0.00000162. The van der Waals surface area contributed by atoms with Gasteiger partial charge >= 0.3 is 5.97 Å². The van der Waals surface area contributed by atoms with Crippen molar-refractivity contribution in [2.24, 2.45) is 5.92 Å². The van der Waals surface area contributed by atoms with Crippen LogP contribution in [-0.2, 0) is 6.42 Å². The van der Waals surface area contributed by atoms with Gasteiger partial charge in [0, 0.05) is 11.6 Å². The average molecular weight is 290 g/mol. The van der Waals surface area contributed by atoms with Crippen LogP contribution in [0.15, 0.2) is 18.2 Å². The van der Waals surface area contributed by atoms with Crippen LogP contribution in [0.1, 0.15) is 22.3 Å². The van der Waals surface area contributed by atoms with Crippen molar-refractivity contribution < 1.29 is 9.90 Å². The maximum absolute atomic E-state index is 11.1. The second kappa shape index (κ2) is 6.41. The lowest BCUT2D eigenvalue weighted by atomic mass is 9.95. The summed E-state index contributed by atoms with van der Waals surface area (Å²) in [5, 5.41) is 9.63. The largest absolute Gasteiger partial charge is 0.478 e. The molecular weight excluding hydrogens is 273 g/mol. The molecule has 1 N–H and O–H groups in total. The molecule has 0 spiro atoms. The molecule has 1 unspecified atom stereocenters. The molecule has 0 aliphatic carbocycles. The summed E-state index contributed by atoms with van der Waals surface area (Å²) in [7, 11) is 2.10. The van der Waals surface area contributed by atoms with E-state index < -0.39 is 5.97 Å². The quantitative estimate of drug-likeness (QED) is 0.930. The van der Waals surface area contributed by atoms with E-state index in [-0.39, 0.29) is 12.4 Å². The molecule has 1 aromatic rings. The number of carboxylic acids is 1. The Hall–Kier alpha value is -0.770. The van der Waals surface area contributed by atoms with Crippen molar-refractivity contribution in [1.82, 2.24) is 4.90 Å². The monoisotopic (exact) mass is 289 g/mol. The highest BCUT2D eigenvalue weighted by Gasteiger charge is 2.21. The van der Waals surface area contributed by atoms with E-state index >= 15 is 0 Å². The number of rotatable bonds is 3. The zero-order valence-corrected chi connectivity index (χ0v) is 11.8. The summed E-state index contributed by atoms with van der Waals surface area (Å²) in [4.78, 5) is 13.4. The Labute approximate surface area is 118 Å². The molecule has 2 rings (SSSR count). The van der Waals surface area contributed by atoms with Gasteiger partial charge in [0.15, 0.2) is 0 Å². The second-order valence-corrected chi connectivity index (χ2v) is 5.16. The third-order valence-corrected chi connectivity index (χ3v) is 3.53. The molecule has 1 heterocycles. The molecule has 0 saturated carbocycles. The van der Waals surface area contributed by atoms with Crippen LogP contribution in [0.4, 0.5) is 0 Å². The first-order valence-electron chi connectivity index (χ1n) is 5.76. The van der Waals surface area contributed by atoms with Gasteiger partial charge in [0.05, 0.1) is 5.56 Å². The maximum Gasteiger partial charge on any atom is 0.336 e. The molecule has 0 radical (unpaired) electrons. The van der Waals surface area contributed by atoms with Crippen LogP contribution in [0.3, 0.4) is 0 Å². The normalized spacial score (nSPS) is 19.6. The SMILES string of the molecule is CN1CCC(Cc2ccc(Cl)cc2C(=O)O)C1.Cl.